The molecule has 2 atom stereocenters. The smallest absolute Gasteiger partial charge is 0.325 e. The molecule has 1 N–H and O–H groups in total. The Morgan fingerprint density at radius 1 is 1.29 bits per heavy atom. The molecule has 2 unspecified atom stereocenters. The van der Waals surface area contributed by atoms with Crippen molar-refractivity contribution in [1.29, 1.82) is 0 Å². The van der Waals surface area contributed by atoms with E-state index in [1.54, 1.807) is 0 Å². The SMILES string of the molecule is COC(=O)C(C)(CC(C)N(CC(C)C)C1CC1)NC(C)C. The van der Waals surface area contributed by atoms with E-state index in [-0.39, 0.29) is 12.0 Å². The lowest BCUT2D eigenvalue weighted by molar-refractivity contribution is -0.149. The standard InChI is InChI=1S/C17H34N2O2/c1-12(2)11-19(15-8-9-15)14(5)10-17(6,16(20)21-7)18-13(3)4/h12-15,18H,8-11H2,1-7H3. The number of rotatable bonds is 9. The Balaban J connectivity index is 2.77. The van der Waals surface area contributed by atoms with E-state index in [9.17, 15) is 4.79 Å². The molecule has 0 aromatic carbocycles. The highest BCUT2D eigenvalue weighted by Crippen LogP contribution is 2.32. The normalized spacial score (nSPS) is 19.9. The maximum absolute atomic E-state index is 12.2. The topological polar surface area (TPSA) is 41.6 Å². The molecule has 1 fully saturated rings. The number of nitrogens with one attached hydrogen (secondary N) is 1. The Morgan fingerprint density at radius 3 is 2.24 bits per heavy atom. The van der Waals surface area contributed by atoms with Crippen LogP contribution in [0.15, 0.2) is 0 Å². The average molecular weight is 298 g/mol. The molecule has 1 aliphatic rings. The molecule has 0 heterocycles. The van der Waals surface area contributed by atoms with Gasteiger partial charge in [-0.2, -0.15) is 0 Å². The summed E-state index contributed by atoms with van der Waals surface area (Å²) in [5, 5.41) is 3.40. The Hall–Kier alpha value is -0.610. The van der Waals surface area contributed by atoms with Crippen LogP contribution >= 0.6 is 0 Å². The van der Waals surface area contributed by atoms with Crippen LogP contribution < -0.4 is 5.32 Å². The number of ether oxygens (including phenoxy) is 1. The van der Waals surface area contributed by atoms with Crippen LogP contribution in [-0.4, -0.2) is 48.2 Å². The number of carbonyl (C=O) groups is 1. The van der Waals surface area contributed by atoms with E-state index >= 15 is 0 Å². The highest BCUT2D eigenvalue weighted by atomic mass is 16.5. The van der Waals surface area contributed by atoms with Gasteiger partial charge in [0, 0.05) is 24.7 Å². The maximum Gasteiger partial charge on any atom is 0.325 e. The predicted octanol–water partition coefficient (Wildman–Crippen LogP) is 2.82. The molecule has 0 aliphatic heterocycles. The van der Waals surface area contributed by atoms with E-state index < -0.39 is 5.54 Å². The highest BCUT2D eigenvalue weighted by molar-refractivity contribution is 5.80. The Bertz CT molecular complexity index is 340. The molecule has 1 rings (SSSR count). The molecule has 0 saturated heterocycles. The molecule has 4 heteroatoms. The van der Waals surface area contributed by atoms with Crippen LogP contribution in [0.5, 0.6) is 0 Å². The third-order valence-electron chi connectivity index (χ3n) is 4.10. The monoisotopic (exact) mass is 298 g/mol. The van der Waals surface area contributed by atoms with Crippen LogP contribution in [0.25, 0.3) is 0 Å². The van der Waals surface area contributed by atoms with Crippen molar-refractivity contribution in [3.8, 4) is 0 Å². The van der Waals surface area contributed by atoms with E-state index in [4.69, 9.17) is 4.74 Å². The van der Waals surface area contributed by atoms with Crippen molar-refractivity contribution in [3.63, 3.8) is 0 Å². The number of hydrogen-bond donors (Lipinski definition) is 1. The number of methoxy groups -OCH3 is 1. The van der Waals surface area contributed by atoms with Crippen LogP contribution in [0.4, 0.5) is 0 Å². The first-order valence-corrected chi connectivity index (χ1v) is 8.31. The molecule has 1 aliphatic carbocycles. The lowest BCUT2D eigenvalue weighted by atomic mass is 9.91. The van der Waals surface area contributed by atoms with Crippen molar-refractivity contribution in [2.24, 2.45) is 5.92 Å². The molecule has 124 valence electrons. The van der Waals surface area contributed by atoms with Crippen molar-refractivity contribution in [2.45, 2.75) is 84.5 Å². The van der Waals surface area contributed by atoms with Gasteiger partial charge in [0.05, 0.1) is 7.11 Å². The van der Waals surface area contributed by atoms with Crippen LogP contribution in [0.1, 0.15) is 60.8 Å². The molecular formula is C17H34N2O2. The summed E-state index contributed by atoms with van der Waals surface area (Å²) in [5.41, 5.74) is -0.619. The summed E-state index contributed by atoms with van der Waals surface area (Å²) in [4.78, 5) is 14.8. The van der Waals surface area contributed by atoms with Crippen molar-refractivity contribution in [3.05, 3.63) is 0 Å². The van der Waals surface area contributed by atoms with Crippen molar-refractivity contribution in [2.75, 3.05) is 13.7 Å². The molecule has 0 bridgehead atoms. The number of carbonyl (C=O) groups excluding carboxylic acids is 1. The lowest BCUT2D eigenvalue weighted by Gasteiger charge is -2.38. The largest absolute Gasteiger partial charge is 0.468 e. The van der Waals surface area contributed by atoms with E-state index in [1.807, 2.05) is 6.92 Å². The maximum atomic E-state index is 12.2. The van der Waals surface area contributed by atoms with Crippen LogP contribution in [0.3, 0.4) is 0 Å². The summed E-state index contributed by atoms with van der Waals surface area (Å²) in [6, 6.07) is 1.33. The summed E-state index contributed by atoms with van der Waals surface area (Å²) in [5.74, 6) is 0.485. The fraction of sp³-hybridized carbons (Fsp3) is 0.941. The molecule has 0 radical (unpaired) electrons. The van der Waals surface area contributed by atoms with Crippen molar-refractivity contribution in [1.82, 2.24) is 10.2 Å². The highest BCUT2D eigenvalue weighted by Gasteiger charge is 2.40. The van der Waals surface area contributed by atoms with E-state index in [0.717, 1.165) is 13.0 Å². The van der Waals surface area contributed by atoms with Crippen molar-refractivity contribution >= 4 is 5.97 Å². The minimum atomic E-state index is -0.619. The number of esters is 1. The number of nitrogens with zero attached hydrogens (tertiary/aromatic N) is 1. The molecule has 1 saturated carbocycles. The minimum absolute atomic E-state index is 0.164. The summed E-state index contributed by atoms with van der Waals surface area (Å²) < 4.78 is 5.03. The lowest BCUT2D eigenvalue weighted by Crippen LogP contribution is -2.56. The van der Waals surface area contributed by atoms with Gasteiger partial charge >= 0.3 is 5.97 Å². The van der Waals surface area contributed by atoms with Gasteiger partial charge in [0.15, 0.2) is 0 Å². The van der Waals surface area contributed by atoms with Gasteiger partial charge in [-0.3, -0.25) is 15.0 Å². The van der Waals surface area contributed by atoms with Gasteiger partial charge in [-0.25, -0.2) is 0 Å². The Labute approximate surface area is 130 Å². The fourth-order valence-corrected chi connectivity index (χ4v) is 3.29. The van der Waals surface area contributed by atoms with E-state index in [2.05, 4.69) is 44.8 Å². The predicted molar refractivity (Wildman–Crippen MR) is 87.3 cm³/mol. The van der Waals surface area contributed by atoms with Gasteiger partial charge in [0.1, 0.15) is 5.54 Å². The molecule has 0 spiro atoms. The van der Waals surface area contributed by atoms with Gasteiger partial charge in [0.25, 0.3) is 0 Å². The first-order chi connectivity index (χ1) is 9.69. The summed E-state index contributed by atoms with van der Waals surface area (Å²) in [7, 11) is 1.47. The molecule has 0 amide bonds. The Morgan fingerprint density at radius 2 is 1.86 bits per heavy atom. The van der Waals surface area contributed by atoms with Gasteiger partial charge < -0.3 is 4.74 Å². The second kappa shape index (κ2) is 7.59. The summed E-state index contributed by atoms with van der Waals surface area (Å²) >= 11 is 0. The average Bonchev–Trinajstić information content (AvgIpc) is 3.17. The quantitative estimate of drug-likeness (QED) is 0.665. The molecular weight excluding hydrogens is 264 g/mol. The Kier molecular flexibility index (Phi) is 6.67. The minimum Gasteiger partial charge on any atom is -0.468 e. The van der Waals surface area contributed by atoms with Crippen LogP contribution in [-0.2, 0) is 9.53 Å². The third kappa shape index (κ3) is 5.59. The van der Waals surface area contributed by atoms with Gasteiger partial charge in [-0.05, 0) is 52.9 Å². The first kappa shape index (κ1) is 18.4. The molecule has 0 aromatic heterocycles. The van der Waals surface area contributed by atoms with Gasteiger partial charge in [-0.15, -0.1) is 0 Å². The molecule has 21 heavy (non-hydrogen) atoms. The first-order valence-electron chi connectivity index (χ1n) is 8.31. The zero-order valence-electron chi connectivity index (χ0n) is 14.9. The van der Waals surface area contributed by atoms with Gasteiger partial charge in [0.2, 0.25) is 0 Å². The van der Waals surface area contributed by atoms with Crippen LogP contribution in [0, 0.1) is 5.92 Å². The zero-order valence-corrected chi connectivity index (χ0v) is 14.9. The molecule has 4 nitrogen and oxygen atoms in total. The van der Waals surface area contributed by atoms with E-state index in [1.165, 1.54) is 20.0 Å². The molecule has 0 aromatic rings. The van der Waals surface area contributed by atoms with Gasteiger partial charge in [-0.1, -0.05) is 13.8 Å². The summed E-state index contributed by atoms with van der Waals surface area (Å²) in [6.45, 7) is 14.0. The van der Waals surface area contributed by atoms with E-state index in [0.29, 0.717) is 18.0 Å². The zero-order chi connectivity index (χ0) is 16.2. The second-order valence-electron chi connectivity index (χ2n) is 7.50. The second-order valence-corrected chi connectivity index (χ2v) is 7.50. The van der Waals surface area contributed by atoms with Crippen LogP contribution in [0.2, 0.25) is 0 Å². The third-order valence-corrected chi connectivity index (χ3v) is 4.10. The number of hydrogen-bond acceptors (Lipinski definition) is 4. The fourth-order valence-electron chi connectivity index (χ4n) is 3.29. The summed E-state index contributed by atoms with van der Waals surface area (Å²) in [6.07, 6.45) is 3.37. The van der Waals surface area contributed by atoms with Crippen molar-refractivity contribution < 1.29 is 9.53 Å².